The summed E-state index contributed by atoms with van der Waals surface area (Å²) < 4.78 is 2.05. The normalized spacial score (nSPS) is 16.3. The lowest BCUT2D eigenvalue weighted by Crippen LogP contribution is -2.46. The van der Waals surface area contributed by atoms with Crippen LogP contribution >= 0.6 is 0 Å². The van der Waals surface area contributed by atoms with Crippen LogP contribution in [0.2, 0.25) is 0 Å². The standard InChI is InChI=1S/C14H21N7/c15-2-5-20-11-13(18-12-20)10-19-6-8-21(9-7-19)14-16-3-1-4-17-14/h1,3-4,11-12H,2,5-10,15H2. The first-order valence-corrected chi connectivity index (χ1v) is 7.30. The van der Waals surface area contributed by atoms with E-state index < -0.39 is 0 Å². The molecule has 0 aromatic carbocycles. The summed E-state index contributed by atoms with van der Waals surface area (Å²) in [6.45, 7) is 6.27. The van der Waals surface area contributed by atoms with E-state index in [0.717, 1.165) is 50.9 Å². The molecule has 0 saturated carbocycles. The summed E-state index contributed by atoms with van der Waals surface area (Å²) in [5, 5.41) is 0. The number of imidazole rings is 1. The van der Waals surface area contributed by atoms with Crippen molar-refractivity contribution in [2.45, 2.75) is 13.1 Å². The summed E-state index contributed by atoms with van der Waals surface area (Å²) >= 11 is 0. The number of aromatic nitrogens is 4. The highest BCUT2D eigenvalue weighted by atomic mass is 15.3. The van der Waals surface area contributed by atoms with E-state index in [1.165, 1.54) is 0 Å². The molecule has 0 bridgehead atoms. The predicted octanol–water partition coefficient (Wildman–Crippen LogP) is -0.0460. The number of nitrogens with two attached hydrogens (primary N) is 1. The molecule has 0 atom stereocenters. The Labute approximate surface area is 124 Å². The van der Waals surface area contributed by atoms with E-state index in [1.807, 2.05) is 17.0 Å². The summed E-state index contributed by atoms with van der Waals surface area (Å²) in [6.07, 6.45) is 7.52. The van der Waals surface area contributed by atoms with Crippen molar-refractivity contribution in [1.29, 1.82) is 0 Å². The van der Waals surface area contributed by atoms with Gasteiger partial charge in [-0.2, -0.15) is 0 Å². The smallest absolute Gasteiger partial charge is 0.225 e. The number of anilines is 1. The van der Waals surface area contributed by atoms with Crippen molar-refractivity contribution in [3.63, 3.8) is 0 Å². The topological polar surface area (TPSA) is 76.1 Å². The van der Waals surface area contributed by atoms with Gasteiger partial charge in [0.1, 0.15) is 0 Å². The van der Waals surface area contributed by atoms with Crippen molar-refractivity contribution in [3.05, 3.63) is 36.7 Å². The van der Waals surface area contributed by atoms with Crippen LogP contribution in [0.5, 0.6) is 0 Å². The minimum atomic E-state index is 0.644. The Balaban J connectivity index is 1.51. The van der Waals surface area contributed by atoms with Gasteiger partial charge in [0.15, 0.2) is 0 Å². The second-order valence-electron chi connectivity index (χ2n) is 5.20. The average Bonchev–Trinajstić information content (AvgIpc) is 2.97. The van der Waals surface area contributed by atoms with E-state index in [9.17, 15) is 0 Å². The first-order chi connectivity index (χ1) is 10.3. The summed E-state index contributed by atoms with van der Waals surface area (Å²) in [5.41, 5.74) is 6.65. The quantitative estimate of drug-likeness (QED) is 0.831. The van der Waals surface area contributed by atoms with E-state index in [4.69, 9.17) is 5.73 Å². The average molecular weight is 287 g/mol. The maximum absolute atomic E-state index is 5.55. The Bertz CT molecular complexity index is 545. The lowest BCUT2D eigenvalue weighted by molar-refractivity contribution is 0.246. The van der Waals surface area contributed by atoms with Crippen LogP contribution in [0.15, 0.2) is 31.0 Å². The fourth-order valence-electron chi connectivity index (χ4n) is 2.55. The molecule has 0 aliphatic carbocycles. The van der Waals surface area contributed by atoms with Crippen molar-refractivity contribution >= 4 is 5.95 Å². The second kappa shape index (κ2) is 6.64. The van der Waals surface area contributed by atoms with E-state index in [1.54, 1.807) is 12.4 Å². The molecule has 1 saturated heterocycles. The Morgan fingerprint density at radius 2 is 1.81 bits per heavy atom. The fraction of sp³-hybridized carbons (Fsp3) is 0.500. The maximum atomic E-state index is 5.55. The van der Waals surface area contributed by atoms with Crippen LogP contribution in [0.4, 0.5) is 5.95 Å². The van der Waals surface area contributed by atoms with Gasteiger partial charge in [-0.15, -0.1) is 0 Å². The lowest BCUT2D eigenvalue weighted by atomic mass is 10.3. The van der Waals surface area contributed by atoms with Crippen molar-refractivity contribution in [3.8, 4) is 0 Å². The van der Waals surface area contributed by atoms with Crippen molar-refractivity contribution in [1.82, 2.24) is 24.4 Å². The first-order valence-electron chi connectivity index (χ1n) is 7.30. The summed E-state index contributed by atoms with van der Waals surface area (Å²) in [7, 11) is 0. The van der Waals surface area contributed by atoms with Crippen molar-refractivity contribution < 1.29 is 0 Å². The molecular formula is C14H21N7. The van der Waals surface area contributed by atoms with Crippen LogP contribution < -0.4 is 10.6 Å². The molecule has 3 heterocycles. The van der Waals surface area contributed by atoms with E-state index in [-0.39, 0.29) is 0 Å². The molecule has 7 heteroatoms. The molecule has 0 radical (unpaired) electrons. The molecule has 0 unspecified atom stereocenters. The van der Waals surface area contributed by atoms with Gasteiger partial charge in [-0.3, -0.25) is 4.90 Å². The molecule has 112 valence electrons. The highest BCUT2D eigenvalue weighted by molar-refractivity contribution is 5.29. The summed E-state index contributed by atoms with van der Waals surface area (Å²) in [4.78, 5) is 17.7. The van der Waals surface area contributed by atoms with Crippen LogP contribution in [-0.4, -0.2) is 57.1 Å². The van der Waals surface area contributed by atoms with Crippen LogP contribution in [-0.2, 0) is 13.1 Å². The van der Waals surface area contributed by atoms with Crippen LogP contribution in [0.25, 0.3) is 0 Å². The zero-order valence-electron chi connectivity index (χ0n) is 12.1. The van der Waals surface area contributed by atoms with Gasteiger partial charge in [0.2, 0.25) is 5.95 Å². The number of hydrogen-bond donors (Lipinski definition) is 1. The van der Waals surface area contributed by atoms with Gasteiger partial charge in [-0.1, -0.05) is 0 Å². The second-order valence-corrected chi connectivity index (χ2v) is 5.20. The first kappa shape index (κ1) is 14.0. The Kier molecular flexibility index (Phi) is 4.42. The molecule has 0 amide bonds. The number of rotatable bonds is 5. The summed E-state index contributed by atoms with van der Waals surface area (Å²) in [6, 6.07) is 1.84. The molecule has 0 spiro atoms. The minimum Gasteiger partial charge on any atom is -0.338 e. The molecule has 2 N–H and O–H groups in total. The van der Waals surface area contributed by atoms with Crippen molar-refractivity contribution in [2.24, 2.45) is 5.73 Å². The van der Waals surface area contributed by atoms with E-state index >= 15 is 0 Å². The third-order valence-electron chi connectivity index (χ3n) is 3.67. The SMILES string of the molecule is NCCn1cnc(CN2CCN(c3ncccn3)CC2)c1. The molecule has 21 heavy (non-hydrogen) atoms. The van der Waals surface area contributed by atoms with Gasteiger partial charge in [0.05, 0.1) is 12.0 Å². The van der Waals surface area contributed by atoms with Gasteiger partial charge in [0.25, 0.3) is 0 Å². The lowest BCUT2D eigenvalue weighted by Gasteiger charge is -2.34. The molecule has 1 aliphatic rings. The third-order valence-corrected chi connectivity index (χ3v) is 3.67. The van der Waals surface area contributed by atoms with Gasteiger partial charge < -0.3 is 15.2 Å². The van der Waals surface area contributed by atoms with Gasteiger partial charge >= 0.3 is 0 Å². The highest BCUT2D eigenvalue weighted by Crippen LogP contribution is 2.11. The van der Waals surface area contributed by atoms with Crippen LogP contribution in [0.3, 0.4) is 0 Å². The molecular weight excluding hydrogens is 266 g/mol. The molecule has 2 aromatic heterocycles. The predicted molar refractivity (Wildman–Crippen MR) is 80.8 cm³/mol. The Morgan fingerprint density at radius 1 is 1.05 bits per heavy atom. The van der Waals surface area contributed by atoms with Gasteiger partial charge in [-0.05, 0) is 6.07 Å². The minimum absolute atomic E-state index is 0.644. The highest BCUT2D eigenvalue weighted by Gasteiger charge is 2.19. The zero-order chi connectivity index (χ0) is 14.5. The van der Waals surface area contributed by atoms with Gasteiger partial charge in [0, 0.05) is 64.4 Å². The maximum Gasteiger partial charge on any atom is 0.225 e. The zero-order valence-corrected chi connectivity index (χ0v) is 12.1. The monoisotopic (exact) mass is 287 g/mol. The fourth-order valence-corrected chi connectivity index (χ4v) is 2.55. The number of piperazine rings is 1. The van der Waals surface area contributed by atoms with Gasteiger partial charge in [-0.25, -0.2) is 15.0 Å². The molecule has 1 fully saturated rings. The molecule has 2 aromatic rings. The van der Waals surface area contributed by atoms with Crippen LogP contribution in [0, 0.1) is 0 Å². The van der Waals surface area contributed by atoms with Crippen LogP contribution in [0.1, 0.15) is 5.69 Å². The Hall–Kier alpha value is -1.99. The van der Waals surface area contributed by atoms with E-state index in [2.05, 4.69) is 30.9 Å². The largest absolute Gasteiger partial charge is 0.338 e. The number of nitrogens with zero attached hydrogens (tertiary/aromatic N) is 6. The Morgan fingerprint density at radius 3 is 2.52 bits per heavy atom. The molecule has 7 nitrogen and oxygen atoms in total. The third kappa shape index (κ3) is 3.56. The molecule has 3 rings (SSSR count). The number of hydrogen-bond acceptors (Lipinski definition) is 6. The van der Waals surface area contributed by atoms with Crippen molar-refractivity contribution in [2.75, 3.05) is 37.6 Å². The van der Waals surface area contributed by atoms with E-state index in [0.29, 0.717) is 6.54 Å². The summed E-state index contributed by atoms with van der Waals surface area (Å²) in [5.74, 6) is 0.823. The molecule has 1 aliphatic heterocycles.